The lowest BCUT2D eigenvalue weighted by atomic mass is 9.99. The molecule has 1 aliphatic rings. The molecule has 0 spiro atoms. The Morgan fingerprint density at radius 1 is 1.10 bits per heavy atom. The normalized spacial score (nSPS) is 15.8. The van der Waals surface area contributed by atoms with Gasteiger partial charge in [0, 0.05) is 13.1 Å². The summed E-state index contributed by atoms with van der Waals surface area (Å²) >= 11 is 1.39. The molecule has 2 heterocycles. The van der Waals surface area contributed by atoms with Crippen molar-refractivity contribution in [1.29, 1.82) is 0 Å². The van der Waals surface area contributed by atoms with Crippen LogP contribution in [0.2, 0.25) is 0 Å². The zero-order valence-corrected chi connectivity index (χ0v) is 18.7. The molecule has 1 fully saturated rings. The Labute approximate surface area is 186 Å². The number of halogens is 1. The zero-order chi connectivity index (χ0) is 21.8. The van der Waals surface area contributed by atoms with Gasteiger partial charge in [0.05, 0.1) is 17.4 Å². The number of carbonyl (C=O) groups excluding carboxylic acids is 1. The lowest BCUT2D eigenvalue weighted by Gasteiger charge is -2.32. The summed E-state index contributed by atoms with van der Waals surface area (Å²) in [7, 11) is 0. The van der Waals surface area contributed by atoms with E-state index in [-0.39, 0.29) is 17.0 Å². The Hall–Kier alpha value is -2.67. The smallest absolute Gasteiger partial charge is 0.235 e. The minimum atomic E-state index is -0.340. The van der Waals surface area contributed by atoms with Gasteiger partial charge in [0.25, 0.3) is 0 Å². The summed E-state index contributed by atoms with van der Waals surface area (Å²) < 4.78 is 16.4. The van der Waals surface area contributed by atoms with Crippen molar-refractivity contribution in [2.45, 2.75) is 43.6 Å². The number of hydrogen-bond acceptors (Lipinski definition) is 4. The molecule has 5 nitrogen and oxygen atoms in total. The molecule has 0 saturated carbocycles. The molecule has 31 heavy (non-hydrogen) atoms. The third-order valence-corrected chi connectivity index (χ3v) is 6.81. The van der Waals surface area contributed by atoms with Crippen LogP contribution in [0.25, 0.3) is 11.4 Å². The third-order valence-electron chi connectivity index (χ3n) is 5.74. The molecule has 1 saturated heterocycles. The first-order valence-corrected chi connectivity index (χ1v) is 11.6. The first-order valence-electron chi connectivity index (χ1n) is 10.7. The van der Waals surface area contributed by atoms with Crippen molar-refractivity contribution in [3.63, 3.8) is 0 Å². The van der Waals surface area contributed by atoms with E-state index in [0.29, 0.717) is 29.0 Å². The van der Waals surface area contributed by atoms with Crippen LogP contribution in [0, 0.1) is 11.7 Å². The second kappa shape index (κ2) is 9.64. The lowest BCUT2D eigenvalue weighted by Crippen LogP contribution is -2.41. The average molecular weight is 439 g/mol. The Bertz CT molecular complexity index is 1030. The van der Waals surface area contributed by atoms with Crippen molar-refractivity contribution in [2.75, 3.05) is 13.1 Å². The van der Waals surface area contributed by atoms with Crippen LogP contribution < -0.4 is 0 Å². The van der Waals surface area contributed by atoms with E-state index in [0.717, 1.165) is 31.5 Å². The molecule has 1 amide bonds. The van der Waals surface area contributed by atoms with E-state index in [1.807, 2.05) is 46.7 Å². The fourth-order valence-electron chi connectivity index (χ4n) is 3.82. The molecule has 3 aromatic rings. The standard InChI is InChI=1S/C24H27FN4OS/c1-17-12-14-28(15-13-17)23(30)18(2)31-24-27-26-22(20-10-6-7-11-21(20)25)29(24)16-19-8-4-3-5-9-19/h3-11,17-18H,12-16H2,1-2H3/t18-/m0/s1. The fourth-order valence-corrected chi connectivity index (χ4v) is 4.75. The van der Waals surface area contributed by atoms with Crippen molar-refractivity contribution in [3.05, 3.63) is 66.0 Å². The summed E-state index contributed by atoms with van der Waals surface area (Å²) in [4.78, 5) is 14.9. The van der Waals surface area contributed by atoms with Gasteiger partial charge in [-0.3, -0.25) is 9.36 Å². The Balaban J connectivity index is 1.61. The van der Waals surface area contributed by atoms with Gasteiger partial charge in [-0.1, -0.05) is 61.2 Å². The predicted octanol–water partition coefficient (Wildman–Crippen LogP) is 4.87. The van der Waals surface area contributed by atoms with Crippen LogP contribution in [-0.4, -0.2) is 43.9 Å². The van der Waals surface area contributed by atoms with E-state index >= 15 is 0 Å². The van der Waals surface area contributed by atoms with E-state index in [2.05, 4.69) is 17.1 Å². The highest BCUT2D eigenvalue weighted by Gasteiger charge is 2.27. The lowest BCUT2D eigenvalue weighted by molar-refractivity contribution is -0.131. The highest BCUT2D eigenvalue weighted by molar-refractivity contribution is 8.00. The minimum absolute atomic E-state index is 0.124. The number of thioether (sulfide) groups is 1. The molecular formula is C24H27FN4OS. The molecule has 162 valence electrons. The largest absolute Gasteiger partial charge is 0.342 e. The second-order valence-electron chi connectivity index (χ2n) is 8.13. The molecule has 4 rings (SSSR count). The molecule has 0 radical (unpaired) electrons. The first kappa shape index (κ1) is 21.6. The van der Waals surface area contributed by atoms with Crippen LogP contribution in [0.5, 0.6) is 0 Å². The van der Waals surface area contributed by atoms with Crippen molar-refractivity contribution in [2.24, 2.45) is 5.92 Å². The van der Waals surface area contributed by atoms with E-state index in [1.165, 1.54) is 17.8 Å². The van der Waals surface area contributed by atoms with Gasteiger partial charge >= 0.3 is 0 Å². The fraction of sp³-hybridized carbons (Fsp3) is 0.375. The molecular weight excluding hydrogens is 411 g/mol. The summed E-state index contributed by atoms with van der Waals surface area (Å²) in [5, 5.41) is 8.98. The zero-order valence-electron chi connectivity index (χ0n) is 17.9. The highest BCUT2D eigenvalue weighted by atomic mass is 32.2. The van der Waals surface area contributed by atoms with E-state index in [1.54, 1.807) is 18.2 Å². The van der Waals surface area contributed by atoms with Crippen LogP contribution in [0.1, 0.15) is 32.3 Å². The summed E-state index contributed by atoms with van der Waals surface area (Å²) in [5.41, 5.74) is 1.47. The number of hydrogen-bond donors (Lipinski definition) is 0. The van der Waals surface area contributed by atoms with Crippen LogP contribution in [0.3, 0.4) is 0 Å². The minimum Gasteiger partial charge on any atom is -0.342 e. The van der Waals surface area contributed by atoms with Crippen LogP contribution in [-0.2, 0) is 11.3 Å². The SMILES string of the molecule is CC1CCN(C(=O)[C@H](C)Sc2nnc(-c3ccccc3F)n2Cc2ccccc2)CC1. The first-order chi connectivity index (χ1) is 15.0. The molecule has 0 N–H and O–H groups in total. The van der Waals surface area contributed by atoms with Crippen molar-refractivity contribution in [3.8, 4) is 11.4 Å². The van der Waals surface area contributed by atoms with E-state index in [9.17, 15) is 9.18 Å². The number of piperidine rings is 1. The average Bonchev–Trinajstić information content (AvgIpc) is 3.16. The van der Waals surface area contributed by atoms with Gasteiger partial charge in [0.2, 0.25) is 5.91 Å². The van der Waals surface area contributed by atoms with Gasteiger partial charge < -0.3 is 4.90 Å². The number of benzene rings is 2. The quantitative estimate of drug-likeness (QED) is 0.515. The summed E-state index contributed by atoms with van der Waals surface area (Å²) in [6.07, 6.45) is 2.09. The van der Waals surface area contributed by atoms with Gasteiger partial charge in [-0.25, -0.2) is 4.39 Å². The van der Waals surface area contributed by atoms with Gasteiger partial charge in [0.1, 0.15) is 5.82 Å². The Kier molecular flexibility index (Phi) is 6.70. The number of likely N-dealkylation sites (tertiary alicyclic amines) is 1. The highest BCUT2D eigenvalue weighted by Crippen LogP contribution is 2.30. The van der Waals surface area contributed by atoms with Gasteiger partial charge in [-0.05, 0) is 43.4 Å². The predicted molar refractivity (Wildman–Crippen MR) is 121 cm³/mol. The van der Waals surface area contributed by atoms with Crippen molar-refractivity contribution >= 4 is 17.7 Å². The molecule has 2 aromatic carbocycles. The molecule has 0 bridgehead atoms. The van der Waals surface area contributed by atoms with Crippen molar-refractivity contribution in [1.82, 2.24) is 19.7 Å². The molecule has 1 atom stereocenters. The maximum Gasteiger partial charge on any atom is 0.235 e. The maximum absolute atomic E-state index is 14.5. The van der Waals surface area contributed by atoms with Crippen LogP contribution in [0.4, 0.5) is 4.39 Å². The molecule has 1 aliphatic heterocycles. The summed E-state index contributed by atoms with van der Waals surface area (Å²) in [6.45, 7) is 6.26. The van der Waals surface area contributed by atoms with Gasteiger partial charge in [-0.2, -0.15) is 0 Å². The monoisotopic (exact) mass is 438 g/mol. The Morgan fingerprint density at radius 2 is 1.77 bits per heavy atom. The van der Waals surface area contributed by atoms with Crippen LogP contribution >= 0.6 is 11.8 Å². The summed E-state index contributed by atoms with van der Waals surface area (Å²) in [5.74, 6) is 0.922. The molecule has 0 aliphatic carbocycles. The molecule has 1 aromatic heterocycles. The number of rotatable bonds is 6. The third kappa shape index (κ3) is 4.98. The molecule has 0 unspecified atom stereocenters. The van der Waals surface area contributed by atoms with Gasteiger partial charge in [0.15, 0.2) is 11.0 Å². The molecule has 7 heteroatoms. The van der Waals surface area contributed by atoms with E-state index < -0.39 is 0 Å². The number of carbonyl (C=O) groups is 1. The summed E-state index contributed by atoms with van der Waals surface area (Å²) in [6, 6.07) is 16.5. The maximum atomic E-state index is 14.5. The Morgan fingerprint density at radius 3 is 2.48 bits per heavy atom. The van der Waals surface area contributed by atoms with Crippen molar-refractivity contribution < 1.29 is 9.18 Å². The number of amides is 1. The second-order valence-corrected chi connectivity index (χ2v) is 9.43. The topological polar surface area (TPSA) is 51.0 Å². The van der Waals surface area contributed by atoms with Gasteiger partial charge in [-0.15, -0.1) is 10.2 Å². The van der Waals surface area contributed by atoms with Crippen LogP contribution in [0.15, 0.2) is 59.8 Å². The number of aromatic nitrogens is 3. The number of nitrogens with zero attached hydrogens (tertiary/aromatic N) is 4. The van der Waals surface area contributed by atoms with E-state index in [4.69, 9.17) is 0 Å².